The van der Waals surface area contributed by atoms with E-state index in [1.165, 1.54) is 18.2 Å². The van der Waals surface area contributed by atoms with Crippen LogP contribution in [0.25, 0.3) is 6.08 Å². The summed E-state index contributed by atoms with van der Waals surface area (Å²) < 4.78 is 0.274. The number of nitro benzene ring substituents is 1. The molecule has 1 N–H and O–H groups in total. The van der Waals surface area contributed by atoms with Crippen molar-refractivity contribution < 1.29 is 19.6 Å². The number of nitrogens with zero attached hydrogens (tertiary/aromatic N) is 2. The summed E-state index contributed by atoms with van der Waals surface area (Å²) in [5, 5.41) is 24.6. The first-order valence-corrected chi connectivity index (χ1v) is 8.22. The minimum atomic E-state index is -0.892. The molecule has 1 saturated heterocycles. The number of hydrazine groups is 1. The summed E-state index contributed by atoms with van der Waals surface area (Å²) in [4.78, 5) is 34.8. The maximum atomic E-state index is 12.5. The van der Waals surface area contributed by atoms with Gasteiger partial charge in [0.25, 0.3) is 17.5 Å². The fourth-order valence-electron chi connectivity index (χ4n) is 2.33. The Morgan fingerprint density at radius 3 is 2.46 bits per heavy atom. The Hall–Kier alpha value is -2.91. The number of hydrogen-bond acceptors (Lipinski definition) is 5. The Bertz CT molecular complexity index is 975. The molecule has 10 heteroatoms. The zero-order valence-corrected chi connectivity index (χ0v) is 15.1. The van der Waals surface area contributed by atoms with Gasteiger partial charge in [0.05, 0.1) is 10.6 Å². The molecule has 0 spiro atoms. The van der Waals surface area contributed by atoms with Crippen molar-refractivity contribution in [1.29, 1.82) is 0 Å². The molecule has 0 saturated carbocycles. The largest absolute Gasteiger partial charge is 0.867 e. The van der Waals surface area contributed by atoms with Crippen LogP contribution in [0.4, 0.5) is 11.4 Å². The van der Waals surface area contributed by atoms with Gasteiger partial charge >= 0.3 is 0 Å². The molecule has 0 atom stereocenters. The lowest BCUT2D eigenvalue weighted by Crippen LogP contribution is -2.35. The minimum Gasteiger partial charge on any atom is -0.867 e. The average molecular weight is 438 g/mol. The molecule has 3 rings (SSSR count). The summed E-state index contributed by atoms with van der Waals surface area (Å²) in [5.74, 6) is -2.32. The topological polar surface area (TPSA) is 116 Å². The van der Waals surface area contributed by atoms with Crippen LogP contribution in [0.5, 0.6) is 5.75 Å². The van der Waals surface area contributed by atoms with Gasteiger partial charge in [-0.2, -0.15) is 0 Å². The Morgan fingerprint density at radius 1 is 1.19 bits per heavy atom. The van der Waals surface area contributed by atoms with Crippen LogP contribution in [-0.2, 0) is 9.59 Å². The zero-order valence-electron chi connectivity index (χ0n) is 12.7. The van der Waals surface area contributed by atoms with E-state index in [-0.39, 0.29) is 15.6 Å². The third-order valence-corrected chi connectivity index (χ3v) is 4.25. The lowest BCUT2D eigenvalue weighted by atomic mass is 10.1. The fourth-order valence-corrected chi connectivity index (χ4v) is 2.92. The number of nitro groups is 1. The number of nitrogens with one attached hydrogen (secondary N) is 1. The molecular weight excluding hydrogens is 430 g/mol. The van der Waals surface area contributed by atoms with Crippen molar-refractivity contribution in [1.82, 2.24) is 5.43 Å². The monoisotopic (exact) mass is 436 g/mol. The third kappa shape index (κ3) is 3.26. The molecule has 2 aromatic carbocycles. The van der Waals surface area contributed by atoms with Crippen molar-refractivity contribution in [2.24, 2.45) is 0 Å². The molecule has 1 heterocycles. The number of rotatable bonds is 3. The van der Waals surface area contributed by atoms with Gasteiger partial charge in [-0.05, 0) is 47.7 Å². The lowest BCUT2D eigenvalue weighted by Gasteiger charge is -2.14. The number of hydrogen-bond donors (Lipinski definition) is 1. The molecule has 132 valence electrons. The van der Waals surface area contributed by atoms with Gasteiger partial charge in [-0.3, -0.25) is 25.1 Å². The molecule has 1 aliphatic rings. The van der Waals surface area contributed by atoms with E-state index in [1.807, 2.05) is 0 Å². The van der Waals surface area contributed by atoms with Gasteiger partial charge in [0, 0.05) is 15.6 Å². The van der Waals surface area contributed by atoms with E-state index in [0.717, 1.165) is 17.2 Å². The number of halogens is 2. The third-order valence-electron chi connectivity index (χ3n) is 3.54. The van der Waals surface area contributed by atoms with Crippen LogP contribution in [0, 0.1) is 10.1 Å². The maximum Gasteiger partial charge on any atom is 0.282 e. The highest BCUT2D eigenvalue weighted by Crippen LogP contribution is 2.33. The normalized spacial score (nSPS) is 15.5. The molecule has 0 radical (unpaired) electrons. The van der Waals surface area contributed by atoms with Gasteiger partial charge in [-0.25, -0.2) is 5.01 Å². The van der Waals surface area contributed by atoms with Gasteiger partial charge in [0.1, 0.15) is 5.57 Å². The van der Waals surface area contributed by atoms with Crippen LogP contribution < -0.4 is 15.5 Å². The Labute approximate surface area is 159 Å². The molecule has 1 aliphatic heterocycles. The van der Waals surface area contributed by atoms with E-state index in [9.17, 15) is 24.8 Å². The van der Waals surface area contributed by atoms with Crippen LogP contribution in [0.15, 0.2) is 46.4 Å². The highest BCUT2D eigenvalue weighted by molar-refractivity contribution is 9.10. The van der Waals surface area contributed by atoms with Crippen molar-refractivity contribution >= 4 is 56.8 Å². The Kier molecular flexibility index (Phi) is 4.66. The molecule has 2 aromatic rings. The van der Waals surface area contributed by atoms with Gasteiger partial charge < -0.3 is 5.11 Å². The van der Waals surface area contributed by atoms with Crippen molar-refractivity contribution in [2.45, 2.75) is 0 Å². The quantitative estimate of drug-likeness (QED) is 0.343. The van der Waals surface area contributed by atoms with Gasteiger partial charge in [-0.1, -0.05) is 27.5 Å². The van der Waals surface area contributed by atoms with Crippen LogP contribution in [0.2, 0.25) is 5.02 Å². The second-order valence-electron chi connectivity index (χ2n) is 5.22. The summed E-state index contributed by atoms with van der Waals surface area (Å²) in [6, 6.07) is 8.52. The van der Waals surface area contributed by atoms with Crippen LogP contribution in [-0.4, -0.2) is 16.7 Å². The van der Waals surface area contributed by atoms with Gasteiger partial charge in [0.15, 0.2) is 0 Å². The molecule has 8 nitrogen and oxygen atoms in total. The van der Waals surface area contributed by atoms with Gasteiger partial charge in [-0.15, -0.1) is 0 Å². The fraction of sp³-hybridized carbons (Fsp3) is 0. The molecule has 2 amide bonds. The Balaban J connectivity index is 2.02. The molecule has 0 unspecified atom stereocenters. The summed E-state index contributed by atoms with van der Waals surface area (Å²) in [5.41, 5.74) is 1.61. The molecule has 1 fully saturated rings. The van der Waals surface area contributed by atoms with E-state index in [1.54, 1.807) is 12.1 Å². The summed E-state index contributed by atoms with van der Waals surface area (Å²) in [7, 11) is 0. The van der Waals surface area contributed by atoms with E-state index in [0.29, 0.717) is 10.7 Å². The number of carbonyl (C=O) groups is 2. The minimum absolute atomic E-state index is 0.150. The van der Waals surface area contributed by atoms with E-state index >= 15 is 0 Å². The first kappa shape index (κ1) is 17.9. The number of anilines is 1. The first-order valence-electron chi connectivity index (χ1n) is 7.05. The van der Waals surface area contributed by atoms with Crippen molar-refractivity contribution in [3.63, 3.8) is 0 Å². The molecule has 0 aromatic heterocycles. The van der Waals surface area contributed by atoms with Crippen molar-refractivity contribution in [2.75, 3.05) is 5.01 Å². The standard InChI is InChI=1S/C16H9BrClN3O5/c17-9-5-8(14(22)13(7-9)21(25)26)6-12-15(23)19-20(16(12)24)11-3-1-10(18)2-4-11/h1-7,22H,(H,19,23)/p-1/b12-6+. The van der Waals surface area contributed by atoms with E-state index < -0.39 is 28.2 Å². The molecule has 26 heavy (non-hydrogen) atoms. The molecular formula is C16H8BrClN3O5-. The summed E-state index contributed by atoms with van der Waals surface area (Å²) in [6.07, 6.45) is 1.04. The molecule has 0 bridgehead atoms. The predicted octanol–water partition coefficient (Wildman–Crippen LogP) is 2.55. The van der Waals surface area contributed by atoms with Crippen LogP contribution >= 0.6 is 27.5 Å². The first-order chi connectivity index (χ1) is 12.3. The number of benzene rings is 2. The SMILES string of the molecule is O=C1NN(c2ccc(Cl)cc2)C(=O)/C1=C/c1cc(Br)cc([N+](=O)[O-])c1[O-]. The maximum absolute atomic E-state index is 12.5. The predicted molar refractivity (Wildman–Crippen MR) is 95.3 cm³/mol. The average Bonchev–Trinajstić information content (AvgIpc) is 2.86. The summed E-state index contributed by atoms with van der Waals surface area (Å²) in [6.45, 7) is 0. The van der Waals surface area contributed by atoms with E-state index in [2.05, 4.69) is 21.4 Å². The van der Waals surface area contributed by atoms with E-state index in [4.69, 9.17) is 11.6 Å². The number of carbonyl (C=O) groups excluding carboxylic acids is 2. The molecule has 0 aliphatic carbocycles. The Morgan fingerprint density at radius 2 is 1.85 bits per heavy atom. The van der Waals surface area contributed by atoms with Gasteiger partial charge in [0.2, 0.25) is 0 Å². The number of amides is 2. The second kappa shape index (κ2) is 6.77. The van der Waals surface area contributed by atoms with Crippen LogP contribution in [0.1, 0.15) is 5.56 Å². The highest BCUT2D eigenvalue weighted by Gasteiger charge is 2.34. The highest BCUT2D eigenvalue weighted by atomic mass is 79.9. The lowest BCUT2D eigenvalue weighted by molar-refractivity contribution is -0.398. The van der Waals surface area contributed by atoms with Crippen molar-refractivity contribution in [3.8, 4) is 5.75 Å². The smallest absolute Gasteiger partial charge is 0.282 e. The van der Waals surface area contributed by atoms with Crippen molar-refractivity contribution in [3.05, 3.63) is 67.1 Å². The zero-order chi connectivity index (χ0) is 19.0. The summed E-state index contributed by atoms with van der Waals surface area (Å²) >= 11 is 8.87. The second-order valence-corrected chi connectivity index (χ2v) is 6.57. The van der Waals surface area contributed by atoms with Crippen LogP contribution in [0.3, 0.4) is 0 Å².